The summed E-state index contributed by atoms with van der Waals surface area (Å²) < 4.78 is 0. The van der Waals surface area contributed by atoms with E-state index in [1.54, 1.807) is 0 Å². The van der Waals surface area contributed by atoms with Gasteiger partial charge in [-0.2, -0.15) is 11.8 Å². The predicted octanol–water partition coefficient (Wildman–Crippen LogP) is 4.09. The topological polar surface area (TPSA) is 17.1 Å². The molecule has 0 fully saturated rings. The van der Waals surface area contributed by atoms with Crippen molar-refractivity contribution < 1.29 is 4.79 Å². The standard InChI is InChI=1S/C13H18OS/c1-4-5-13(14)12-8-6-11(7-9-12)10(2)15-3/h6-10H,4-5H2,1-3H3. The number of rotatable bonds is 5. The van der Waals surface area contributed by atoms with Crippen LogP contribution in [-0.2, 0) is 0 Å². The van der Waals surface area contributed by atoms with E-state index < -0.39 is 0 Å². The Morgan fingerprint density at radius 1 is 1.33 bits per heavy atom. The van der Waals surface area contributed by atoms with Crippen LogP contribution >= 0.6 is 11.8 Å². The van der Waals surface area contributed by atoms with E-state index >= 15 is 0 Å². The van der Waals surface area contributed by atoms with Crippen molar-refractivity contribution >= 4 is 17.5 Å². The van der Waals surface area contributed by atoms with Crippen molar-refractivity contribution in [3.05, 3.63) is 35.4 Å². The Kier molecular flexibility index (Phi) is 4.89. The highest BCUT2D eigenvalue weighted by Crippen LogP contribution is 2.25. The summed E-state index contributed by atoms with van der Waals surface area (Å²) in [6.07, 6.45) is 3.67. The summed E-state index contributed by atoms with van der Waals surface area (Å²) >= 11 is 1.82. The van der Waals surface area contributed by atoms with Crippen molar-refractivity contribution in [2.24, 2.45) is 0 Å². The van der Waals surface area contributed by atoms with Crippen molar-refractivity contribution in [2.75, 3.05) is 6.26 Å². The molecule has 1 atom stereocenters. The average Bonchev–Trinajstić information content (AvgIpc) is 2.28. The molecule has 1 nitrogen and oxygen atoms in total. The van der Waals surface area contributed by atoms with Crippen molar-refractivity contribution in [1.82, 2.24) is 0 Å². The Bertz CT molecular complexity index is 316. The monoisotopic (exact) mass is 222 g/mol. The van der Waals surface area contributed by atoms with Crippen LogP contribution in [0, 0.1) is 0 Å². The Balaban J connectivity index is 2.76. The van der Waals surface area contributed by atoms with Crippen molar-refractivity contribution in [3.8, 4) is 0 Å². The van der Waals surface area contributed by atoms with E-state index in [1.807, 2.05) is 30.8 Å². The summed E-state index contributed by atoms with van der Waals surface area (Å²) in [7, 11) is 0. The van der Waals surface area contributed by atoms with Crippen molar-refractivity contribution in [2.45, 2.75) is 31.9 Å². The van der Waals surface area contributed by atoms with Gasteiger partial charge in [-0.1, -0.05) is 31.2 Å². The zero-order valence-electron chi connectivity index (χ0n) is 9.62. The van der Waals surface area contributed by atoms with Gasteiger partial charge in [-0.25, -0.2) is 0 Å². The van der Waals surface area contributed by atoms with Crippen molar-refractivity contribution in [3.63, 3.8) is 0 Å². The van der Waals surface area contributed by atoms with Crippen LogP contribution in [0.3, 0.4) is 0 Å². The SMILES string of the molecule is CCCC(=O)c1ccc(C(C)SC)cc1. The van der Waals surface area contributed by atoms with E-state index in [-0.39, 0.29) is 5.78 Å². The Hall–Kier alpha value is -0.760. The lowest BCUT2D eigenvalue weighted by Crippen LogP contribution is -1.98. The minimum atomic E-state index is 0.251. The summed E-state index contributed by atoms with van der Waals surface area (Å²) in [5.41, 5.74) is 2.13. The third-order valence-electron chi connectivity index (χ3n) is 2.53. The first-order chi connectivity index (χ1) is 7.19. The van der Waals surface area contributed by atoms with Gasteiger partial charge < -0.3 is 0 Å². The molecule has 0 spiro atoms. The van der Waals surface area contributed by atoms with Crippen LogP contribution < -0.4 is 0 Å². The van der Waals surface area contributed by atoms with Crippen LogP contribution in [0.25, 0.3) is 0 Å². The molecule has 0 aromatic heterocycles. The normalized spacial score (nSPS) is 12.5. The van der Waals surface area contributed by atoms with Gasteiger partial charge in [0.1, 0.15) is 0 Å². The lowest BCUT2D eigenvalue weighted by molar-refractivity contribution is 0.0982. The highest BCUT2D eigenvalue weighted by molar-refractivity contribution is 7.98. The molecule has 82 valence electrons. The third-order valence-corrected chi connectivity index (χ3v) is 3.51. The maximum absolute atomic E-state index is 11.6. The molecule has 0 saturated carbocycles. The molecule has 0 aliphatic heterocycles. The summed E-state index contributed by atoms with van der Waals surface area (Å²) in [5.74, 6) is 0.251. The van der Waals surface area contributed by atoms with Gasteiger partial charge in [0.05, 0.1) is 0 Å². The van der Waals surface area contributed by atoms with E-state index in [0.29, 0.717) is 11.7 Å². The van der Waals surface area contributed by atoms with E-state index in [9.17, 15) is 4.79 Å². The zero-order chi connectivity index (χ0) is 11.3. The molecule has 1 aromatic carbocycles. The second-order valence-corrected chi connectivity index (χ2v) is 4.85. The molecule has 0 aliphatic carbocycles. The highest BCUT2D eigenvalue weighted by atomic mass is 32.2. The van der Waals surface area contributed by atoms with Crippen LogP contribution in [0.5, 0.6) is 0 Å². The molecule has 1 unspecified atom stereocenters. The Labute approximate surface area is 96.3 Å². The number of hydrogen-bond acceptors (Lipinski definition) is 2. The molecule has 0 amide bonds. The molecule has 1 rings (SSSR count). The summed E-state index contributed by atoms with van der Waals surface area (Å²) in [6, 6.07) is 8.01. The molecule has 2 heteroatoms. The fourth-order valence-corrected chi connectivity index (χ4v) is 1.88. The first-order valence-corrected chi connectivity index (χ1v) is 6.63. The van der Waals surface area contributed by atoms with E-state index in [0.717, 1.165) is 12.0 Å². The molecule has 0 bridgehead atoms. The number of carbonyl (C=O) groups excluding carboxylic acids is 1. The van der Waals surface area contributed by atoms with Crippen molar-refractivity contribution in [1.29, 1.82) is 0 Å². The van der Waals surface area contributed by atoms with Gasteiger partial charge >= 0.3 is 0 Å². The van der Waals surface area contributed by atoms with Gasteiger partial charge in [-0.3, -0.25) is 4.79 Å². The Morgan fingerprint density at radius 3 is 2.40 bits per heavy atom. The smallest absolute Gasteiger partial charge is 0.162 e. The second-order valence-electron chi connectivity index (χ2n) is 3.67. The summed E-state index contributed by atoms with van der Waals surface area (Å²) in [6.45, 7) is 4.20. The molecule has 1 aromatic rings. The average molecular weight is 222 g/mol. The van der Waals surface area contributed by atoms with Crippen LogP contribution in [0.2, 0.25) is 0 Å². The minimum absolute atomic E-state index is 0.251. The fraction of sp³-hybridized carbons (Fsp3) is 0.462. The predicted molar refractivity (Wildman–Crippen MR) is 67.6 cm³/mol. The van der Waals surface area contributed by atoms with E-state index in [4.69, 9.17) is 0 Å². The molecule has 0 saturated heterocycles. The first-order valence-electron chi connectivity index (χ1n) is 5.35. The lowest BCUT2D eigenvalue weighted by Gasteiger charge is -2.08. The Morgan fingerprint density at radius 2 is 1.93 bits per heavy atom. The number of ketones is 1. The number of carbonyl (C=O) groups is 1. The lowest BCUT2D eigenvalue weighted by atomic mass is 10.0. The minimum Gasteiger partial charge on any atom is -0.294 e. The maximum atomic E-state index is 11.6. The van der Waals surface area contributed by atoms with Gasteiger partial charge in [-0.05, 0) is 25.2 Å². The second kappa shape index (κ2) is 5.96. The largest absolute Gasteiger partial charge is 0.294 e. The quantitative estimate of drug-likeness (QED) is 0.698. The first kappa shape index (κ1) is 12.3. The maximum Gasteiger partial charge on any atom is 0.162 e. The number of hydrogen-bond donors (Lipinski definition) is 0. The van der Waals surface area contributed by atoms with Crippen LogP contribution in [0.4, 0.5) is 0 Å². The van der Waals surface area contributed by atoms with Gasteiger partial charge in [0.2, 0.25) is 0 Å². The molecule has 0 N–H and O–H groups in total. The molecule has 0 radical (unpaired) electrons. The summed E-state index contributed by atoms with van der Waals surface area (Å²) in [5, 5.41) is 0.500. The van der Waals surface area contributed by atoms with E-state index in [1.165, 1.54) is 5.56 Å². The number of benzene rings is 1. The van der Waals surface area contributed by atoms with Gasteiger partial charge in [0.15, 0.2) is 5.78 Å². The van der Waals surface area contributed by atoms with Crippen LogP contribution in [0.1, 0.15) is 47.9 Å². The number of Topliss-reactive ketones (excluding diaryl/α,β-unsaturated/α-hetero) is 1. The number of thioether (sulfide) groups is 1. The molecular formula is C13H18OS. The summed E-state index contributed by atoms with van der Waals surface area (Å²) in [4.78, 5) is 11.6. The van der Waals surface area contributed by atoms with Gasteiger partial charge in [-0.15, -0.1) is 0 Å². The third kappa shape index (κ3) is 3.38. The molecular weight excluding hydrogens is 204 g/mol. The van der Waals surface area contributed by atoms with Crippen LogP contribution in [0.15, 0.2) is 24.3 Å². The van der Waals surface area contributed by atoms with Gasteiger partial charge in [0.25, 0.3) is 0 Å². The highest BCUT2D eigenvalue weighted by Gasteiger charge is 2.06. The molecule has 0 aliphatic rings. The molecule has 0 heterocycles. The fourth-order valence-electron chi connectivity index (χ4n) is 1.45. The van der Waals surface area contributed by atoms with Crippen LogP contribution in [-0.4, -0.2) is 12.0 Å². The van der Waals surface area contributed by atoms with Gasteiger partial charge in [0, 0.05) is 17.2 Å². The van der Waals surface area contributed by atoms with E-state index in [2.05, 4.69) is 25.3 Å². The molecule has 15 heavy (non-hydrogen) atoms. The zero-order valence-corrected chi connectivity index (χ0v) is 10.4.